The van der Waals surface area contributed by atoms with E-state index in [0.29, 0.717) is 10.4 Å². The number of benzene rings is 2. The Labute approximate surface area is 175 Å². The monoisotopic (exact) mass is 442 g/mol. The Morgan fingerprint density at radius 1 is 1.07 bits per heavy atom. The van der Waals surface area contributed by atoms with Crippen LogP contribution in [0, 0.1) is 20.8 Å². The highest BCUT2D eigenvalue weighted by Gasteiger charge is 2.32. The fourth-order valence-electron chi connectivity index (χ4n) is 3.18. The molecular weight excluding hydrogens is 417 g/mol. The van der Waals surface area contributed by atoms with Crippen molar-refractivity contribution in [3.05, 3.63) is 64.2 Å². The molecule has 1 N–H and O–H groups in total. The molecule has 9 heteroatoms. The Morgan fingerprint density at radius 2 is 1.67 bits per heavy atom. The molecule has 0 aliphatic rings. The van der Waals surface area contributed by atoms with E-state index in [4.69, 9.17) is 0 Å². The number of nitrogens with zero attached hydrogens (tertiary/aromatic N) is 1. The molecule has 2 aromatic rings. The van der Waals surface area contributed by atoms with Crippen molar-refractivity contribution in [2.75, 3.05) is 17.1 Å². The minimum Gasteiger partial charge on any atom is -0.348 e. The van der Waals surface area contributed by atoms with E-state index in [0.717, 1.165) is 40.6 Å². The molecule has 5 nitrogen and oxygen atoms in total. The van der Waals surface area contributed by atoms with Gasteiger partial charge >= 0.3 is 6.18 Å². The summed E-state index contributed by atoms with van der Waals surface area (Å²) < 4.78 is 64.0. The Bertz CT molecular complexity index is 1050. The van der Waals surface area contributed by atoms with E-state index in [-0.39, 0.29) is 5.69 Å². The highest BCUT2D eigenvalue weighted by atomic mass is 32.2. The number of rotatable bonds is 6. The van der Waals surface area contributed by atoms with Gasteiger partial charge in [0, 0.05) is 0 Å². The normalized spacial score (nSPS) is 13.1. The predicted molar refractivity (Wildman–Crippen MR) is 111 cm³/mol. The second-order valence-electron chi connectivity index (χ2n) is 7.40. The van der Waals surface area contributed by atoms with Crippen LogP contribution in [0.25, 0.3) is 0 Å². The van der Waals surface area contributed by atoms with Crippen LogP contribution in [0.5, 0.6) is 0 Å². The lowest BCUT2D eigenvalue weighted by Gasteiger charge is -2.24. The Balaban J connectivity index is 2.26. The predicted octanol–water partition coefficient (Wildman–Crippen LogP) is 4.27. The summed E-state index contributed by atoms with van der Waals surface area (Å²) in [4.78, 5) is 12.6. The van der Waals surface area contributed by atoms with Crippen LogP contribution in [-0.4, -0.2) is 27.1 Å². The van der Waals surface area contributed by atoms with E-state index in [1.54, 1.807) is 6.92 Å². The SMILES string of the molecule is Cc1cc(C)c(C(C)NC(=O)CN(c2cccc(C(F)(F)F)c2)S(C)(=O)=O)cc1C. The maximum absolute atomic E-state index is 13.0. The summed E-state index contributed by atoms with van der Waals surface area (Å²) in [7, 11) is -3.99. The molecule has 0 saturated heterocycles. The van der Waals surface area contributed by atoms with E-state index in [2.05, 4.69) is 5.32 Å². The van der Waals surface area contributed by atoms with E-state index in [1.807, 2.05) is 32.9 Å². The number of hydrogen-bond donors (Lipinski definition) is 1. The van der Waals surface area contributed by atoms with Gasteiger partial charge in [0.05, 0.1) is 23.5 Å². The zero-order chi connectivity index (χ0) is 22.9. The Hall–Kier alpha value is -2.55. The zero-order valence-electron chi connectivity index (χ0n) is 17.5. The molecule has 164 valence electrons. The van der Waals surface area contributed by atoms with E-state index in [1.165, 1.54) is 6.07 Å². The van der Waals surface area contributed by atoms with Crippen LogP contribution in [0.2, 0.25) is 0 Å². The number of amides is 1. The van der Waals surface area contributed by atoms with Gasteiger partial charge in [-0.25, -0.2) is 8.42 Å². The molecule has 30 heavy (non-hydrogen) atoms. The van der Waals surface area contributed by atoms with Crippen molar-refractivity contribution in [2.24, 2.45) is 0 Å². The first-order chi connectivity index (χ1) is 13.7. The summed E-state index contributed by atoms with van der Waals surface area (Å²) in [6.45, 7) is 6.98. The van der Waals surface area contributed by atoms with Crippen molar-refractivity contribution in [2.45, 2.75) is 39.9 Å². The van der Waals surface area contributed by atoms with Gasteiger partial charge < -0.3 is 5.32 Å². The molecule has 0 fully saturated rings. The molecule has 0 aromatic heterocycles. The third kappa shape index (κ3) is 5.75. The second kappa shape index (κ2) is 8.67. The number of nitrogens with one attached hydrogen (secondary N) is 1. The van der Waals surface area contributed by atoms with Gasteiger partial charge in [0.15, 0.2) is 0 Å². The average molecular weight is 443 g/mol. The van der Waals surface area contributed by atoms with E-state index < -0.39 is 40.3 Å². The number of alkyl halides is 3. The summed E-state index contributed by atoms with van der Waals surface area (Å²) in [6, 6.07) is 7.44. The third-order valence-corrected chi connectivity index (χ3v) is 6.02. The van der Waals surface area contributed by atoms with Gasteiger partial charge in [-0.1, -0.05) is 18.2 Å². The highest BCUT2D eigenvalue weighted by molar-refractivity contribution is 7.92. The number of carbonyl (C=O) groups is 1. The van der Waals surface area contributed by atoms with Crippen LogP contribution in [0.4, 0.5) is 18.9 Å². The Kier molecular flexibility index (Phi) is 6.86. The second-order valence-corrected chi connectivity index (χ2v) is 9.31. The molecule has 0 aliphatic carbocycles. The quantitative estimate of drug-likeness (QED) is 0.727. The van der Waals surface area contributed by atoms with Crippen LogP contribution in [0.15, 0.2) is 36.4 Å². The van der Waals surface area contributed by atoms with Gasteiger partial charge in [-0.3, -0.25) is 9.10 Å². The van der Waals surface area contributed by atoms with Crippen molar-refractivity contribution < 1.29 is 26.4 Å². The van der Waals surface area contributed by atoms with Crippen molar-refractivity contribution in [3.8, 4) is 0 Å². The van der Waals surface area contributed by atoms with E-state index in [9.17, 15) is 26.4 Å². The fraction of sp³-hybridized carbons (Fsp3) is 0.381. The van der Waals surface area contributed by atoms with Crippen LogP contribution in [0.1, 0.15) is 40.8 Å². The first-order valence-electron chi connectivity index (χ1n) is 9.22. The smallest absolute Gasteiger partial charge is 0.348 e. The first kappa shape index (κ1) is 23.7. The highest BCUT2D eigenvalue weighted by Crippen LogP contribution is 2.32. The third-order valence-electron chi connectivity index (χ3n) is 4.88. The number of sulfonamides is 1. The topological polar surface area (TPSA) is 66.5 Å². The number of halogens is 3. The van der Waals surface area contributed by atoms with Crippen LogP contribution >= 0.6 is 0 Å². The maximum atomic E-state index is 13.0. The summed E-state index contributed by atoms with van der Waals surface area (Å²) in [5.74, 6) is -0.622. The molecule has 1 atom stereocenters. The standard InChI is InChI=1S/C21H25F3N2O3S/c1-13-9-15(3)19(10-14(13)2)16(4)25-20(27)12-26(30(5,28)29)18-8-6-7-17(11-18)21(22,23)24/h6-11,16H,12H2,1-5H3,(H,25,27). The molecule has 0 heterocycles. The molecule has 0 bridgehead atoms. The van der Waals surface area contributed by atoms with Crippen molar-refractivity contribution in [1.29, 1.82) is 0 Å². The van der Waals surface area contributed by atoms with Crippen LogP contribution in [0.3, 0.4) is 0 Å². The van der Waals surface area contributed by atoms with Crippen LogP contribution < -0.4 is 9.62 Å². The minimum absolute atomic E-state index is 0.225. The molecule has 0 aliphatic heterocycles. The lowest BCUT2D eigenvalue weighted by Crippen LogP contribution is -2.41. The molecule has 2 rings (SSSR count). The van der Waals surface area contributed by atoms with Crippen molar-refractivity contribution >= 4 is 21.6 Å². The van der Waals surface area contributed by atoms with Gasteiger partial charge in [0.1, 0.15) is 6.54 Å². The minimum atomic E-state index is -4.63. The summed E-state index contributed by atoms with van der Waals surface area (Å²) in [5.41, 5.74) is 2.81. The summed E-state index contributed by atoms with van der Waals surface area (Å²) in [6.07, 6.45) is -3.78. The molecule has 1 unspecified atom stereocenters. The number of anilines is 1. The maximum Gasteiger partial charge on any atom is 0.416 e. The lowest BCUT2D eigenvalue weighted by atomic mass is 9.96. The molecular formula is C21H25F3N2O3S. The fourth-order valence-corrected chi connectivity index (χ4v) is 4.03. The zero-order valence-corrected chi connectivity index (χ0v) is 18.3. The average Bonchev–Trinajstić information content (AvgIpc) is 2.61. The number of aryl methyl sites for hydroxylation is 3. The Morgan fingerprint density at radius 3 is 2.23 bits per heavy atom. The van der Waals surface area contributed by atoms with Gasteiger partial charge in [-0.2, -0.15) is 13.2 Å². The van der Waals surface area contributed by atoms with Crippen molar-refractivity contribution in [3.63, 3.8) is 0 Å². The summed E-state index contributed by atoms with van der Waals surface area (Å²) >= 11 is 0. The largest absolute Gasteiger partial charge is 0.416 e. The molecule has 2 aromatic carbocycles. The summed E-state index contributed by atoms with van der Waals surface area (Å²) in [5, 5.41) is 2.73. The van der Waals surface area contributed by atoms with Gasteiger partial charge in [0.25, 0.3) is 0 Å². The molecule has 1 amide bonds. The molecule has 0 radical (unpaired) electrons. The van der Waals surface area contributed by atoms with Crippen molar-refractivity contribution in [1.82, 2.24) is 5.32 Å². The van der Waals surface area contributed by atoms with Crippen LogP contribution in [-0.2, 0) is 21.0 Å². The van der Waals surface area contributed by atoms with Gasteiger partial charge in [0.2, 0.25) is 15.9 Å². The van der Waals surface area contributed by atoms with E-state index >= 15 is 0 Å². The lowest BCUT2D eigenvalue weighted by molar-refractivity contribution is -0.137. The van der Waals surface area contributed by atoms with Gasteiger partial charge in [-0.15, -0.1) is 0 Å². The first-order valence-corrected chi connectivity index (χ1v) is 11.1. The van der Waals surface area contributed by atoms with Gasteiger partial charge in [-0.05, 0) is 68.1 Å². The number of carbonyl (C=O) groups excluding carboxylic acids is 1. The number of hydrogen-bond acceptors (Lipinski definition) is 3. The molecule has 0 spiro atoms. The molecule has 0 saturated carbocycles.